The average Bonchev–Trinajstić information content (AvgIpc) is 2.41. The van der Waals surface area contributed by atoms with Gasteiger partial charge in [0.05, 0.1) is 10.7 Å². The highest BCUT2D eigenvalue weighted by Gasteiger charge is 2.17. The minimum atomic E-state index is -1.42. The van der Waals surface area contributed by atoms with E-state index < -0.39 is 29.5 Å². The first-order valence-electron chi connectivity index (χ1n) is 5.79. The number of aromatic carboxylic acids is 1. The van der Waals surface area contributed by atoms with E-state index in [0.29, 0.717) is 15.3 Å². The molecule has 0 saturated carbocycles. The molecule has 21 heavy (non-hydrogen) atoms. The van der Waals surface area contributed by atoms with Crippen LogP contribution in [0.15, 0.2) is 35.1 Å². The molecule has 3 N–H and O–H groups in total. The lowest BCUT2D eigenvalue weighted by molar-refractivity contribution is -0.118. The fraction of sp³-hybridized carbons (Fsp3) is 0.0769. The number of carboxylic acids is 1. The third kappa shape index (κ3) is 3.09. The summed E-state index contributed by atoms with van der Waals surface area (Å²) < 4.78 is 0.713. The number of halogens is 1. The number of benzene rings is 1. The number of nitrogens with two attached hydrogens (primary N) is 1. The van der Waals surface area contributed by atoms with E-state index in [1.54, 1.807) is 24.3 Å². The molecule has 0 atom stereocenters. The van der Waals surface area contributed by atoms with Crippen molar-refractivity contribution < 1.29 is 14.7 Å². The summed E-state index contributed by atoms with van der Waals surface area (Å²) in [6.45, 7) is -0.516. The summed E-state index contributed by atoms with van der Waals surface area (Å²) in [5.41, 5.74) is 4.22. The summed E-state index contributed by atoms with van der Waals surface area (Å²) in [7, 11) is 0. The number of carboxylic acid groups (broad SMARTS) is 1. The Kier molecular flexibility index (Phi) is 4.04. The van der Waals surface area contributed by atoms with Gasteiger partial charge in [-0.2, -0.15) is 5.10 Å². The lowest BCUT2D eigenvalue weighted by Crippen LogP contribution is -2.33. The van der Waals surface area contributed by atoms with Crippen LogP contribution < -0.4 is 11.3 Å². The molecule has 1 amide bonds. The van der Waals surface area contributed by atoms with Gasteiger partial charge in [-0.1, -0.05) is 29.8 Å². The van der Waals surface area contributed by atoms with E-state index in [4.69, 9.17) is 22.4 Å². The van der Waals surface area contributed by atoms with Crippen molar-refractivity contribution in [2.75, 3.05) is 0 Å². The molecule has 108 valence electrons. The Balaban J connectivity index is 2.70. The van der Waals surface area contributed by atoms with Crippen molar-refractivity contribution in [1.82, 2.24) is 9.78 Å². The molecule has 0 bridgehead atoms. The number of hydrogen-bond donors (Lipinski definition) is 2. The molecule has 1 heterocycles. The lowest BCUT2D eigenvalue weighted by atomic mass is 10.1. The van der Waals surface area contributed by atoms with Crippen molar-refractivity contribution in [2.24, 2.45) is 5.73 Å². The van der Waals surface area contributed by atoms with Crippen LogP contribution in [0.4, 0.5) is 0 Å². The third-order valence-corrected chi connectivity index (χ3v) is 2.99. The quantitative estimate of drug-likeness (QED) is 0.864. The normalized spacial score (nSPS) is 10.3. The van der Waals surface area contributed by atoms with Crippen molar-refractivity contribution in [3.8, 4) is 11.3 Å². The van der Waals surface area contributed by atoms with Crippen LogP contribution >= 0.6 is 11.6 Å². The van der Waals surface area contributed by atoms with E-state index in [-0.39, 0.29) is 5.69 Å². The van der Waals surface area contributed by atoms with Gasteiger partial charge in [0, 0.05) is 5.56 Å². The van der Waals surface area contributed by atoms with Gasteiger partial charge in [-0.15, -0.1) is 0 Å². The Labute approximate surface area is 123 Å². The molecule has 0 aliphatic heterocycles. The molecule has 0 aliphatic rings. The van der Waals surface area contributed by atoms with Gasteiger partial charge in [-0.3, -0.25) is 9.59 Å². The van der Waals surface area contributed by atoms with Crippen LogP contribution in [-0.2, 0) is 11.3 Å². The number of primary amides is 1. The zero-order valence-electron chi connectivity index (χ0n) is 10.6. The molecule has 0 radical (unpaired) electrons. The molecule has 1 aromatic heterocycles. The number of amides is 1. The summed E-state index contributed by atoms with van der Waals surface area (Å²) in [5.74, 6) is -2.23. The van der Waals surface area contributed by atoms with Gasteiger partial charge < -0.3 is 10.8 Å². The SMILES string of the molecule is NC(=O)Cn1nc(-c2ccccc2Cl)cc(C(=O)O)c1=O. The topological polar surface area (TPSA) is 115 Å². The summed E-state index contributed by atoms with van der Waals surface area (Å²) in [6, 6.07) is 7.72. The molecule has 0 unspecified atom stereocenters. The second kappa shape index (κ2) is 5.76. The first-order valence-corrected chi connectivity index (χ1v) is 6.16. The Bertz CT molecular complexity index is 785. The highest BCUT2D eigenvalue weighted by molar-refractivity contribution is 6.33. The highest BCUT2D eigenvalue weighted by atomic mass is 35.5. The van der Waals surface area contributed by atoms with Crippen LogP contribution in [0.3, 0.4) is 0 Å². The standard InChI is InChI=1S/C13H10ClN3O4/c14-9-4-2-1-3-7(9)10-5-8(13(20)21)12(19)17(16-10)6-11(15)18/h1-5H,6H2,(H2,15,18)(H,20,21). The van der Waals surface area contributed by atoms with Crippen molar-refractivity contribution >= 4 is 23.5 Å². The van der Waals surface area contributed by atoms with Gasteiger partial charge in [-0.25, -0.2) is 9.48 Å². The minimum absolute atomic E-state index is 0.166. The number of rotatable bonds is 4. The maximum absolute atomic E-state index is 11.9. The van der Waals surface area contributed by atoms with Gasteiger partial charge >= 0.3 is 5.97 Å². The first kappa shape index (κ1) is 14.7. The molecular formula is C13H10ClN3O4. The fourth-order valence-electron chi connectivity index (χ4n) is 1.75. The zero-order chi connectivity index (χ0) is 15.6. The van der Waals surface area contributed by atoms with E-state index in [1.165, 1.54) is 0 Å². The van der Waals surface area contributed by atoms with Crippen LogP contribution in [0.25, 0.3) is 11.3 Å². The molecule has 0 fully saturated rings. The number of nitrogens with zero attached hydrogens (tertiary/aromatic N) is 2. The number of aromatic nitrogens is 2. The van der Waals surface area contributed by atoms with Gasteiger partial charge in [0.15, 0.2) is 0 Å². The van der Waals surface area contributed by atoms with E-state index in [1.807, 2.05) is 0 Å². The van der Waals surface area contributed by atoms with Crippen LogP contribution in [0, 0.1) is 0 Å². The third-order valence-electron chi connectivity index (χ3n) is 2.66. The predicted molar refractivity (Wildman–Crippen MR) is 75.1 cm³/mol. The van der Waals surface area contributed by atoms with E-state index in [0.717, 1.165) is 6.07 Å². The summed E-state index contributed by atoms with van der Waals surface area (Å²) in [5, 5.41) is 13.4. The van der Waals surface area contributed by atoms with Crippen molar-refractivity contribution in [1.29, 1.82) is 0 Å². The number of carbonyl (C=O) groups excluding carboxylic acids is 1. The second-order valence-electron chi connectivity index (χ2n) is 4.16. The van der Waals surface area contributed by atoms with Crippen LogP contribution in [0.1, 0.15) is 10.4 Å². The van der Waals surface area contributed by atoms with Crippen LogP contribution in [0.2, 0.25) is 5.02 Å². The van der Waals surface area contributed by atoms with Gasteiger partial charge in [-0.05, 0) is 12.1 Å². The lowest BCUT2D eigenvalue weighted by Gasteiger charge is -2.08. The first-order chi connectivity index (χ1) is 9.90. The zero-order valence-corrected chi connectivity index (χ0v) is 11.4. The molecular weight excluding hydrogens is 298 g/mol. The van der Waals surface area contributed by atoms with Crippen molar-refractivity contribution in [3.63, 3.8) is 0 Å². The largest absolute Gasteiger partial charge is 0.477 e. The smallest absolute Gasteiger partial charge is 0.341 e. The summed E-state index contributed by atoms with van der Waals surface area (Å²) >= 11 is 6.02. The number of carbonyl (C=O) groups is 2. The number of hydrogen-bond acceptors (Lipinski definition) is 4. The predicted octanol–water partition coefficient (Wildman–Crippen LogP) is 0.747. The van der Waals surface area contributed by atoms with Crippen molar-refractivity contribution in [2.45, 2.75) is 6.54 Å². The van der Waals surface area contributed by atoms with Gasteiger partial charge in [0.1, 0.15) is 12.1 Å². The summed E-state index contributed by atoms with van der Waals surface area (Å²) in [4.78, 5) is 34.0. The maximum Gasteiger partial charge on any atom is 0.341 e. The van der Waals surface area contributed by atoms with E-state index >= 15 is 0 Å². The van der Waals surface area contributed by atoms with E-state index in [9.17, 15) is 14.4 Å². The Morgan fingerprint density at radius 2 is 2.00 bits per heavy atom. The fourth-order valence-corrected chi connectivity index (χ4v) is 1.98. The minimum Gasteiger partial charge on any atom is -0.477 e. The molecule has 7 nitrogen and oxygen atoms in total. The van der Waals surface area contributed by atoms with E-state index in [2.05, 4.69) is 5.10 Å². The Morgan fingerprint density at radius 3 is 2.57 bits per heavy atom. The molecule has 2 aromatic rings. The maximum atomic E-state index is 11.9. The molecule has 0 spiro atoms. The molecule has 8 heteroatoms. The average molecular weight is 308 g/mol. The highest BCUT2D eigenvalue weighted by Crippen LogP contribution is 2.25. The Hall–Kier alpha value is -2.67. The monoisotopic (exact) mass is 307 g/mol. The Morgan fingerprint density at radius 1 is 1.33 bits per heavy atom. The molecule has 0 aliphatic carbocycles. The summed E-state index contributed by atoms with van der Waals surface area (Å²) in [6.07, 6.45) is 0. The van der Waals surface area contributed by atoms with Crippen LogP contribution in [-0.4, -0.2) is 26.8 Å². The van der Waals surface area contributed by atoms with Gasteiger partial charge in [0.25, 0.3) is 5.56 Å². The van der Waals surface area contributed by atoms with Crippen LogP contribution in [0.5, 0.6) is 0 Å². The molecule has 2 rings (SSSR count). The molecule has 1 aromatic carbocycles. The van der Waals surface area contributed by atoms with Crippen molar-refractivity contribution in [3.05, 3.63) is 51.3 Å². The second-order valence-corrected chi connectivity index (χ2v) is 4.56. The molecule has 0 saturated heterocycles. The van der Waals surface area contributed by atoms with Gasteiger partial charge in [0.2, 0.25) is 5.91 Å².